The van der Waals surface area contributed by atoms with Crippen molar-refractivity contribution in [3.05, 3.63) is 52.8 Å². The first-order valence-electron chi connectivity index (χ1n) is 6.59. The number of nitrogens with one attached hydrogen (secondary N) is 1. The minimum atomic E-state index is -0.604. The van der Waals surface area contributed by atoms with Crippen LogP contribution in [0.25, 0.3) is 11.4 Å². The van der Waals surface area contributed by atoms with E-state index >= 15 is 0 Å². The van der Waals surface area contributed by atoms with E-state index in [4.69, 9.17) is 12.2 Å². The highest BCUT2D eigenvalue weighted by Gasteiger charge is 2.11. The van der Waals surface area contributed by atoms with Crippen LogP contribution < -0.4 is 0 Å². The van der Waals surface area contributed by atoms with Gasteiger partial charge < -0.3 is 15.3 Å². The van der Waals surface area contributed by atoms with Gasteiger partial charge in [-0.3, -0.25) is 0 Å². The zero-order valence-electron chi connectivity index (χ0n) is 11.7. The van der Waals surface area contributed by atoms with E-state index in [1.165, 1.54) is 23.0 Å². The fourth-order valence-corrected chi connectivity index (χ4v) is 2.16. The number of aromatic hydroxyl groups is 3. The zero-order valence-corrected chi connectivity index (χ0v) is 12.5. The van der Waals surface area contributed by atoms with E-state index < -0.39 is 17.2 Å². The number of rotatable bonds is 3. The van der Waals surface area contributed by atoms with Gasteiger partial charge in [-0.25, -0.2) is 5.10 Å². The second kappa shape index (κ2) is 5.93. The molecule has 23 heavy (non-hydrogen) atoms. The van der Waals surface area contributed by atoms with Crippen molar-refractivity contribution in [1.82, 2.24) is 14.9 Å². The Morgan fingerprint density at radius 3 is 2.52 bits per heavy atom. The van der Waals surface area contributed by atoms with Crippen molar-refractivity contribution in [2.75, 3.05) is 0 Å². The monoisotopic (exact) mass is 328 g/mol. The van der Waals surface area contributed by atoms with Gasteiger partial charge in [-0.15, -0.1) is 0 Å². The molecule has 0 saturated carbocycles. The molecular formula is C15H12N4O3S. The van der Waals surface area contributed by atoms with Crippen molar-refractivity contribution in [2.45, 2.75) is 0 Å². The fourth-order valence-electron chi connectivity index (χ4n) is 1.98. The van der Waals surface area contributed by atoms with Crippen molar-refractivity contribution in [3.63, 3.8) is 0 Å². The first kappa shape index (κ1) is 14.8. The van der Waals surface area contributed by atoms with E-state index in [0.29, 0.717) is 5.82 Å². The highest BCUT2D eigenvalue weighted by molar-refractivity contribution is 7.71. The van der Waals surface area contributed by atoms with Crippen molar-refractivity contribution in [1.29, 1.82) is 0 Å². The number of aromatic amines is 1. The molecule has 1 heterocycles. The molecule has 0 bridgehead atoms. The van der Waals surface area contributed by atoms with Crippen molar-refractivity contribution >= 4 is 18.4 Å². The molecule has 1 aromatic heterocycles. The van der Waals surface area contributed by atoms with Gasteiger partial charge in [0, 0.05) is 11.1 Å². The lowest BCUT2D eigenvalue weighted by Crippen LogP contribution is -1.95. The third kappa shape index (κ3) is 2.79. The Balaban J connectivity index is 2.03. The van der Waals surface area contributed by atoms with Crippen molar-refractivity contribution < 1.29 is 15.3 Å². The van der Waals surface area contributed by atoms with Crippen LogP contribution in [0.5, 0.6) is 17.2 Å². The topological polar surface area (TPSA) is 107 Å². The number of nitrogens with zero attached hydrogens (tertiary/aromatic N) is 3. The Morgan fingerprint density at radius 1 is 1.04 bits per heavy atom. The van der Waals surface area contributed by atoms with Crippen LogP contribution in [0.2, 0.25) is 0 Å². The number of H-pyrrole nitrogens is 1. The molecule has 7 nitrogen and oxygen atoms in total. The fraction of sp³-hybridized carbons (Fsp3) is 0. The van der Waals surface area contributed by atoms with Crippen LogP contribution >= 0.6 is 12.2 Å². The third-order valence-corrected chi connectivity index (χ3v) is 3.42. The molecule has 4 N–H and O–H groups in total. The van der Waals surface area contributed by atoms with Gasteiger partial charge in [0.05, 0.1) is 6.21 Å². The predicted molar refractivity (Wildman–Crippen MR) is 87.3 cm³/mol. The lowest BCUT2D eigenvalue weighted by atomic mass is 10.2. The average Bonchev–Trinajstić information content (AvgIpc) is 2.94. The molecule has 0 atom stereocenters. The van der Waals surface area contributed by atoms with E-state index in [2.05, 4.69) is 15.3 Å². The summed E-state index contributed by atoms with van der Waals surface area (Å²) in [5.74, 6) is -0.975. The van der Waals surface area contributed by atoms with Crippen molar-refractivity contribution in [2.24, 2.45) is 5.10 Å². The zero-order chi connectivity index (χ0) is 16.4. The van der Waals surface area contributed by atoms with Gasteiger partial charge in [-0.05, 0) is 24.4 Å². The second-order valence-electron chi connectivity index (χ2n) is 4.65. The van der Waals surface area contributed by atoms with Gasteiger partial charge in [0.25, 0.3) is 0 Å². The molecule has 0 radical (unpaired) electrons. The van der Waals surface area contributed by atoms with E-state index in [1.807, 2.05) is 30.3 Å². The molecule has 0 saturated heterocycles. The first-order valence-corrected chi connectivity index (χ1v) is 7.00. The van der Waals surface area contributed by atoms with Gasteiger partial charge in [-0.2, -0.15) is 14.9 Å². The molecule has 3 rings (SSSR count). The number of hydrogen-bond acceptors (Lipinski definition) is 6. The quantitative estimate of drug-likeness (QED) is 0.336. The third-order valence-electron chi connectivity index (χ3n) is 3.16. The molecule has 8 heteroatoms. The van der Waals surface area contributed by atoms with Gasteiger partial charge in [0.1, 0.15) is 0 Å². The number of phenols is 3. The molecule has 0 spiro atoms. The summed E-state index contributed by atoms with van der Waals surface area (Å²) in [6, 6.07) is 12.0. The molecule has 116 valence electrons. The molecule has 0 unspecified atom stereocenters. The van der Waals surface area contributed by atoms with Crippen LogP contribution in [0, 0.1) is 4.77 Å². The van der Waals surface area contributed by atoms with E-state index in [-0.39, 0.29) is 10.3 Å². The van der Waals surface area contributed by atoms with Crippen LogP contribution in [0.15, 0.2) is 47.6 Å². The van der Waals surface area contributed by atoms with E-state index in [1.54, 1.807) is 0 Å². The number of aromatic nitrogens is 3. The lowest BCUT2D eigenvalue weighted by molar-refractivity contribution is 0.367. The highest BCUT2D eigenvalue weighted by Crippen LogP contribution is 2.36. The predicted octanol–water partition coefficient (Wildman–Crippen LogP) is 2.61. The summed E-state index contributed by atoms with van der Waals surface area (Å²) in [5.41, 5.74) is 1.04. The first-order chi connectivity index (χ1) is 11.1. The number of phenolic OH excluding ortho intramolecular Hbond substituents is 3. The molecule has 0 aliphatic carbocycles. The van der Waals surface area contributed by atoms with Crippen LogP contribution in [0.4, 0.5) is 0 Å². The molecular weight excluding hydrogens is 316 g/mol. The highest BCUT2D eigenvalue weighted by atomic mass is 32.1. The SMILES string of the molecule is Oc1ccc(/C=N\n2c(-c3ccccc3)n[nH]c2=S)c(O)c1O. The Hall–Kier alpha value is -3.13. The summed E-state index contributed by atoms with van der Waals surface area (Å²) in [4.78, 5) is 0. The van der Waals surface area contributed by atoms with Crippen LogP contribution in [-0.2, 0) is 0 Å². The number of benzene rings is 2. The van der Waals surface area contributed by atoms with Crippen LogP contribution in [0.3, 0.4) is 0 Å². The average molecular weight is 328 g/mol. The molecule has 0 fully saturated rings. The molecule has 2 aromatic carbocycles. The minimum absolute atomic E-state index is 0.224. The molecule has 0 amide bonds. The smallest absolute Gasteiger partial charge is 0.216 e. The maximum Gasteiger partial charge on any atom is 0.216 e. The Kier molecular flexibility index (Phi) is 3.82. The Morgan fingerprint density at radius 2 is 1.78 bits per heavy atom. The summed E-state index contributed by atoms with van der Waals surface area (Å²) in [6.45, 7) is 0. The summed E-state index contributed by atoms with van der Waals surface area (Å²) < 4.78 is 1.68. The summed E-state index contributed by atoms with van der Waals surface area (Å²) >= 11 is 5.15. The number of hydrogen-bond donors (Lipinski definition) is 4. The lowest BCUT2D eigenvalue weighted by Gasteiger charge is -2.04. The van der Waals surface area contributed by atoms with Crippen LogP contribution in [0.1, 0.15) is 5.56 Å². The second-order valence-corrected chi connectivity index (χ2v) is 5.03. The Labute approximate surface area is 135 Å². The largest absolute Gasteiger partial charge is 0.504 e. The summed E-state index contributed by atoms with van der Waals surface area (Å²) in [7, 11) is 0. The summed E-state index contributed by atoms with van der Waals surface area (Å²) in [6.07, 6.45) is 1.31. The standard InChI is InChI=1S/C15H12N4O3S/c20-11-7-6-10(12(21)13(11)22)8-16-19-14(17-18-15(19)23)9-4-2-1-3-5-9/h1-8,20-22H,(H,18,23)/b16-8-. The molecule has 0 aliphatic rings. The molecule has 0 aliphatic heterocycles. The van der Waals surface area contributed by atoms with E-state index in [0.717, 1.165) is 5.56 Å². The van der Waals surface area contributed by atoms with E-state index in [9.17, 15) is 15.3 Å². The normalized spacial score (nSPS) is 11.1. The Bertz CT molecular complexity index is 932. The van der Waals surface area contributed by atoms with Crippen LogP contribution in [-0.4, -0.2) is 36.4 Å². The van der Waals surface area contributed by atoms with Gasteiger partial charge in [0.15, 0.2) is 17.3 Å². The van der Waals surface area contributed by atoms with Gasteiger partial charge in [0.2, 0.25) is 10.5 Å². The van der Waals surface area contributed by atoms with Crippen molar-refractivity contribution in [3.8, 4) is 28.6 Å². The molecule has 3 aromatic rings. The van der Waals surface area contributed by atoms with Gasteiger partial charge >= 0.3 is 0 Å². The maximum absolute atomic E-state index is 9.80. The van der Waals surface area contributed by atoms with Gasteiger partial charge in [-0.1, -0.05) is 30.3 Å². The minimum Gasteiger partial charge on any atom is -0.504 e. The maximum atomic E-state index is 9.80. The summed E-state index contributed by atoms with van der Waals surface area (Å²) in [5, 5.41) is 39.6.